The molecule has 8 heteroatoms. The van der Waals surface area contributed by atoms with E-state index in [0.29, 0.717) is 0 Å². The van der Waals surface area contributed by atoms with Gasteiger partial charge in [-0.1, -0.05) is 0 Å². The molecule has 1 aromatic rings. The maximum Gasteiger partial charge on any atom is 0.387 e. The van der Waals surface area contributed by atoms with Crippen LogP contribution in [0.4, 0.5) is 8.78 Å². The van der Waals surface area contributed by atoms with E-state index < -0.39 is 24.5 Å². The Morgan fingerprint density at radius 1 is 1.30 bits per heavy atom. The van der Waals surface area contributed by atoms with Gasteiger partial charge in [0.25, 0.3) is 5.91 Å². The fourth-order valence-corrected chi connectivity index (χ4v) is 1.35. The number of methoxy groups -OCH3 is 1. The van der Waals surface area contributed by atoms with Gasteiger partial charge in [0.1, 0.15) is 6.04 Å². The highest BCUT2D eigenvalue weighted by atomic mass is 19.3. The van der Waals surface area contributed by atoms with Crippen LogP contribution < -0.4 is 20.5 Å². The van der Waals surface area contributed by atoms with Crippen molar-refractivity contribution in [2.45, 2.75) is 19.6 Å². The summed E-state index contributed by atoms with van der Waals surface area (Å²) in [5.74, 6) is -1.49. The fourth-order valence-electron chi connectivity index (χ4n) is 1.35. The van der Waals surface area contributed by atoms with E-state index in [1.165, 1.54) is 32.2 Å². The smallest absolute Gasteiger partial charge is 0.387 e. The van der Waals surface area contributed by atoms with Crippen LogP contribution in [0.15, 0.2) is 18.2 Å². The lowest BCUT2D eigenvalue weighted by Crippen LogP contribution is -2.42. The van der Waals surface area contributed by atoms with Crippen LogP contribution in [0.25, 0.3) is 0 Å². The van der Waals surface area contributed by atoms with Gasteiger partial charge in [-0.2, -0.15) is 8.78 Å². The van der Waals surface area contributed by atoms with Crippen LogP contribution in [0.1, 0.15) is 17.3 Å². The quantitative estimate of drug-likeness (QED) is 0.813. The first-order chi connectivity index (χ1) is 9.35. The summed E-state index contributed by atoms with van der Waals surface area (Å²) in [7, 11) is 1.25. The summed E-state index contributed by atoms with van der Waals surface area (Å²) in [6.45, 7) is -1.58. The third-order valence-corrected chi connectivity index (χ3v) is 2.42. The molecule has 0 aliphatic rings. The monoisotopic (exact) mass is 288 g/mol. The summed E-state index contributed by atoms with van der Waals surface area (Å²) < 4.78 is 33.4. The SMILES string of the molecule is COc1cc(C(=O)NC(C)C(N)=O)ccc1OC(F)F. The van der Waals surface area contributed by atoms with Crippen molar-refractivity contribution >= 4 is 11.8 Å². The maximum atomic E-state index is 12.1. The van der Waals surface area contributed by atoms with Crippen LogP contribution >= 0.6 is 0 Å². The van der Waals surface area contributed by atoms with Crippen molar-refractivity contribution in [3.05, 3.63) is 23.8 Å². The summed E-state index contributed by atoms with van der Waals surface area (Å²) in [6.07, 6.45) is 0. The molecule has 110 valence electrons. The number of benzene rings is 1. The van der Waals surface area contributed by atoms with Crippen molar-refractivity contribution in [1.29, 1.82) is 0 Å². The molecule has 0 spiro atoms. The normalized spacial score (nSPS) is 11.8. The van der Waals surface area contributed by atoms with Gasteiger partial charge in [-0.25, -0.2) is 0 Å². The number of ether oxygens (including phenoxy) is 2. The topological polar surface area (TPSA) is 90.6 Å². The maximum absolute atomic E-state index is 12.1. The number of alkyl halides is 2. The Kier molecular flexibility index (Phi) is 5.24. The van der Waals surface area contributed by atoms with Crippen molar-refractivity contribution in [3.8, 4) is 11.5 Å². The number of rotatable bonds is 6. The lowest BCUT2D eigenvalue weighted by molar-refractivity contribution is -0.119. The Morgan fingerprint density at radius 2 is 1.95 bits per heavy atom. The number of nitrogens with one attached hydrogen (secondary N) is 1. The number of hydrogen-bond donors (Lipinski definition) is 2. The number of amides is 2. The van der Waals surface area contributed by atoms with Crippen molar-refractivity contribution in [3.63, 3.8) is 0 Å². The van der Waals surface area contributed by atoms with E-state index in [9.17, 15) is 18.4 Å². The number of carbonyl (C=O) groups excluding carboxylic acids is 2. The summed E-state index contributed by atoms with van der Waals surface area (Å²) >= 11 is 0. The zero-order valence-corrected chi connectivity index (χ0v) is 10.9. The third-order valence-electron chi connectivity index (χ3n) is 2.42. The van der Waals surface area contributed by atoms with E-state index in [1.807, 2.05) is 0 Å². The van der Waals surface area contributed by atoms with Crippen LogP contribution in [-0.2, 0) is 4.79 Å². The first-order valence-corrected chi connectivity index (χ1v) is 5.58. The molecule has 2 amide bonds. The minimum Gasteiger partial charge on any atom is -0.493 e. The standard InChI is InChI=1S/C12H14F2N2O4/c1-6(10(15)17)16-11(18)7-3-4-8(20-12(13)14)9(5-7)19-2/h3-6,12H,1-2H3,(H2,15,17)(H,16,18). The molecule has 0 radical (unpaired) electrons. The van der Waals surface area contributed by atoms with E-state index in [2.05, 4.69) is 10.1 Å². The number of halogens is 2. The molecule has 1 atom stereocenters. The molecule has 20 heavy (non-hydrogen) atoms. The first kappa shape index (κ1) is 15.7. The van der Waals surface area contributed by atoms with Gasteiger partial charge in [0.2, 0.25) is 5.91 Å². The summed E-state index contributed by atoms with van der Waals surface area (Å²) in [5.41, 5.74) is 5.14. The van der Waals surface area contributed by atoms with Crippen molar-refractivity contribution in [2.75, 3.05) is 7.11 Å². The molecule has 1 aromatic carbocycles. The fraction of sp³-hybridized carbons (Fsp3) is 0.333. The van der Waals surface area contributed by atoms with Gasteiger partial charge >= 0.3 is 6.61 Å². The van der Waals surface area contributed by atoms with Crippen molar-refractivity contribution in [1.82, 2.24) is 5.32 Å². The minimum atomic E-state index is -3.00. The second-order valence-corrected chi connectivity index (χ2v) is 3.84. The largest absolute Gasteiger partial charge is 0.493 e. The molecule has 0 aromatic heterocycles. The van der Waals surface area contributed by atoms with E-state index in [0.717, 1.165) is 0 Å². The molecule has 1 rings (SSSR count). The Balaban J connectivity index is 2.92. The molecule has 0 heterocycles. The molecule has 0 saturated heterocycles. The minimum absolute atomic E-state index is 0.0234. The van der Waals surface area contributed by atoms with E-state index in [4.69, 9.17) is 10.5 Å². The van der Waals surface area contributed by atoms with Gasteiger partial charge in [0, 0.05) is 5.56 Å². The Hall–Kier alpha value is -2.38. The molecule has 0 saturated carbocycles. The molecular formula is C12H14F2N2O4. The van der Waals surface area contributed by atoms with Crippen LogP contribution in [0.2, 0.25) is 0 Å². The predicted octanol–water partition coefficient (Wildman–Crippen LogP) is 0.900. The van der Waals surface area contributed by atoms with Crippen LogP contribution in [0, 0.1) is 0 Å². The van der Waals surface area contributed by atoms with Crippen LogP contribution in [0.5, 0.6) is 11.5 Å². The second-order valence-electron chi connectivity index (χ2n) is 3.84. The number of hydrogen-bond acceptors (Lipinski definition) is 4. The Labute approximate surface area is 113 Å². The molecular weight excluding hydrogens is 274 g/mol. The second kappa shape index (κ2) is 6.69. The van der Waals surface area contributed by atoms with Gasteiger partial charge in [-0.05, 0) is 25.1 Å². The molecule has 0 bridgehead atoms. The first-order valence-electron chi connectivity index (χ1n) is 5.58. The Bertz CT molecular complexity index is 508. The lowest BCUT2D eigenvalue weighted by Gasteiger charge is -2.13. The molecule has 6 nitrogen and oxygen atoms in total. The zero-order chi connectivity index (χ0) is 15.3. The van der Waals surface area contributed by atoms with Gasteiger partial charge in [0.15, 0.2) is 11.5 Å². The lowest BCUT2D eigenvalue weighted by atomic mass is 10.1. The third kappa shape index (κ3) is 4.08. The van der Waals surface area contributed by atoms with Crippen LogP contribution in [0.3, 0.4) is 0 Å². The van der Waals surface area contributed by atoms with Gasteiger partial charge in [-0.3, -0.25) is 9.59 Å². The van der Waals surface area contributed by atoms with Crippen LogP contribution in [-0.4, -0.2) is 31.6 Å². The van der Waals surface area contributed by atoms with E-state index in [1.54, 1.807) is 0 Å². The highest BCUT2D eigenvalue weighted by Gasteiger charge is 2.17. The van der Waals surface area contributed by atoms with Crippen molar-refractivity contribution < 1.29 is 27.8 Å². The zero-order valence-electron chi connectivity index (χ0n) is 10.9. The van der Waals surface area contributed by atoms with Crippen molar-refractivity contribution in [2.24, 2.45) is 5.73 Å². The Morgan fingerprint density at radius 3 is 2.45 bits per heavy atom. The van der Waals surface area contributed by atoms with E-state index in [-0.39, 0.29) is 17.1 Å². The molecule has 0 fully saturated rings. The average molecular weight is 288 g/mol. The predicted molar refractivity (Wildman–Crippen MR) is 65.7 cm³/mol. The summed E-state index contributed by atoms with van der Waals surface area (Å²) in [4.78, 5) is 22.6. The number of carbonyl (C=O) groups is 2. The molecule has 1 unspecified atom stereocenters. The average Bonchev–Trinajstić information content (AvgIpc) is 2.38. The number of nitrogens with two attached hydrogens (primary N) is 1. The molecule has 0 aliphatic heterocycles. The van der Waals surface area contributed by atoms with E-state index >= 15 is 0 Å². The summed E-state index contributed by atoms with van der Waals surface area (Å²) in [5, 5.41) is 2.35. The molecule has 0 aliphatic carbocycles. The van der Waals surface area contributed by atoms with Gasteiger partial charge in [0.05, 0.1) is 7.11 Å². The summed E-state index contributed by atoms with van der Waals surface area (Å²) in [6, 6.07) is 2.81. The highest BCUT2D eigenvalue weighted by molar-refractivity contribution is 5.97. The van der Waals surface area contributed by atoms with Gasteiger partial charge < -0.3 is 20.5 Å². The number of primary amides is 1. The molecule has 3 N–H and O–H groups in total. The highest BCUT2D eigenvalue weighted by Crippen LogP contribution is 2.29. The van der Waals surface area contributed by atoms with Gasteiger partial charge in [-0.15, -0.1) is 0 Å².